The van der Waals surface area contributed by atoms with Crippen LogP contribution in [0.2, 0.25) is 0 Å². The minimum absolute atomic E-state index is 0.0467. The zero-order chi connectivity index (χ0) is 34.8. The Labute approximate surface area is 289 Å². The van der Waals surface area contributed by atoms with Gasteiger partial charge >= 0.3 is 0 Å². The summed E-state index contributed by atoms with van der Waals surface area (Å²) in [5.74, 6) is -1.50. The van der Waals surface area contributed by atoms with Gasteiger partial charge in [-0.25, -0.2) is 18.1 Å². The fourth-order valence-corrected chi connectivity index (χ4v) is 7.94. The van der Waals surface area contributed by atoms with E-state index in [-0.39, 0.29) is 36.8 Å². The molecule has 0 radical (unpaired) electrons. The molecule has 1 saturated heterocycles. The number of nitrogens with one attached hydrogen (secondary N) is 1. The number of sulfonamides is 1. The fraction of sp³-hybridized carbons (Fsp3) is 0.568. The maximum Gasteiger partial charge on any atom is 0.264 e. The summed E-state index contributed by atoms with van der Waals surface area (Å²) in [5.41, 5.74) is 7.77. The van der Waals surface area contributed by atoms with Crippen molar-refractivity contribution in [1.29, 1.82) is 0 Å². The number of fused-ring (bicyclic) bond motifs is 1. The molecule has 1 aliphatic carbocycles. The molecule has 49 heavy (non-hydrogen) atoms. The zero-order valence-corrected chi connectivity index (χ0v) is 29.2. The lowest BCUT2D eigenvalue weighted by Gasteiger charge is -2.32. The highest BCUT2D eigenvalue weighted by Crippen LogP contribution is 2.31. The van der Waals surface area contributed by atoms with Gasteiger partial charge in [0.25, 0.3) is 5.89 Å². The summed E-state index contributed by atoms with van der Waals surface area (Å²) in [6.07, 6.45) is 8.83. The predicted octanol–water partition coefficient (Wildman–Crippen LogP) is 4.83. The van der Waals surface area contributed by atoms with Crippen LogP contribution >= 0.6 is 0 Å². The standard InChI is InChI=1S/C37H50N4O7S/c1-49(45,46)40-30(20-19-26-12-4-2-5-13-26)37(44)41-23-21-33(47-25-27-14-6-3-7-15-27)34(41)31(42)24-28(16-10-11-22-38)35(43)36-39-29-17-8-9-18-32(29)48-36/h2,4-5,8-9,12-13,17-18,27-28,30,33-34,40H,3,6-7,10-11,14-16,19-25,38H2,1H3/t28-,30-,33+,34-/m1/s1. The van der Waals surface area contributed by atoms with Crippen molar-refractivity contribution in [3.63, 3.8) is 0 Å². The Kier molecular flexibility index (Phi) is 13.1. The first kappa shape index (κ1) is 36.8. The monoisotopic (exact) mass is 694 g/mol. The van der Waals surface area contributed by atoms with Crippen LogP contribution in [0.5, 0.6) is 0 Å². The van der Waals surface area contributed by atoms with E-state index in [0.29, 0.717) is 62.3 Å². The molecule has 12 heteroatoms. The molecule has 1 aromatic heterocycles. The minimum Gasteiger partial charge on any atom is -0.434 e. The molecule has 1 saturated carbocycles. The highest BCUT2D eigenvalue weighted by molar-refractivity contribution is 7.88. The second kappa shape index (κ2) is 17.5. The molecule has 1 aliphatic heterocycles. The number of carbonyl (C=O) groups is 3. The normalized spacial score (nSPS) is 20.0. The van der Waals surface area contributed by atoms with Gasteiger partial charge in [0.05, 0.1) is 12.4 Å². The second-order valence-corrected chi connectivity index (χ2v) is 15.4. The number of benzene rings is 2. The van der Waals surface area contributed by atoms with E-state index in [1.54, 1.807) is 18.2 Å². The van der Waals surface area contributed by atoms with Crippen LogP contribution in [-0.2, 0) is 30.8 Å². The molecule has 4 atom stereocenters. The quantitative estimate of drug-likeness (QED) is 0.140. The van der Waals surface area contributed by atoms with Crippen LogP contribution in [0.3, 0.4) is 0 Å². The highest BCUT2D eigenvalue weighted by Gasteiger charge is 2.45. The second-order valence-electron chi connectivity index (χ2n) is 13.6. The van der Waals surface area contributed by atoms with E-state index in [4.69, 9.17) is 14.9 Å². The molecule has 0 spiro atoms. The van der Waals surface area contributed by atoms with Gasteiger partial charge in [0, 0.05) is 25.5 Å². The van der Waals surface area contributed by atoms with Gasteiger partial charge in [0.15, 0.2) is 11.4 Å². The maximum atomic E-state index is 14.4. The maximum absolute atomic E-state index is 14.4. The van der Waals surface area contributed by atoms with E-state index < -0.39 is 40.0 Å². The number of hydrogen-bond donors (Lipinski definition) is 2. The lowest BCUT2D eigenvalue weighted by molar-refractivity contribution is -0.142. The fourth-order valence-electron chi connectivity index (χ4n) is 7.20. The van der Waals surface area contributed by atoms with Crippen LogP contribution < -0.4 is 10.5 Å². The van der Waals surface area contributed by atoms with Crippen molar-refractivity contribution >= 4 is 38.6 Å². The molecule has 11 nitrogen and oxygen atoms in total. The molecule has 0 bridgehead atoms. The van der Waals surface area contributed by atoms with Crippen molar-refractivity contribution in [1.82, 2.24) is 14.6 Å². The van der Waals surface area contributed by atoms with E-state index in [9.17, 15) is 22.8 Å². The van der Waals surface area contributed by atoms with Crippen molar-refractivity contribution in [2.45, 2.75) is 95.2 Å². The van der Waals surface area contributed by atoms with Gasteiger partial charge in [0.1, 0.15) is 17.6 Å². The van der Waals surface area contributed by atoms with Gasteiger partial charge in [-0.3, -0.25) is 14.4 Å². The number of hydrogen-bond acceptors (Lipinski definition) is 9. The summed E-state index contributed by atoms with van der Waals surface area (Å²) in [6, 6.07) is 14.6. The molecular weight excluding hydrogens is 644 g/mol. The Hall–Kier alpha value is -3.45. The van der Waals surface area contributed by atoms with E-state index >= 15 is 0 Å². The number of aryl methyl sites for hydroxylation is 1. The number of ketones is 2. The van der Waals surface area contributed by atoms with Gasteiger partial charge in [-0.1, -0.05) is 68.1 Å². The lowest BCUT2D eigenvalue weighted by atomic mass is 9.88. The van der Waals surface area contributed by atoms with Crippen molar-refractivity contribution < 1.29 is 32.0 Å². The first-order valence-electron chi connectivity index (χ1n) is 17.7. The summed E-state index contributed by atoms with van der Waals surface area (Å²) >= 11 is 0. The van der Waals surface area contributed by atoms with Crippen molar-refractivity contribution in [2.75, 3.05) is 26.0 Å². The van der Waals surface area contributed by atoms with Gasteiger partial charge in [-0.15, -0.1) is 0 Å². The number of aromatic nitrogens is 1. The molecule has 3 N–H and O–H groups in total. The van der Waals surface area contributed by atoms with Crippen LogP contribution in [0.4, 0.5) is 0 Å². The number of carbonyl (C=O) groups excluding carboxylic acids is 3. The van der Waals surface area contributed by atoms with Crippen LogP contribution in [0.15, 0.2) is 59.0 Å². The molecule has 5 rings (SSSR count). The topological polar surface area (TPSA) is 162 Å². The average Bonchev–Trinajstić information content (AvgIpc) is 3.73. The number of likely N-dealkylation sites (tertiary alicyclic amines) is 1. The molecule has 2 fully saturated rings. The van der Waals surface area contributed by atoms with Crippen LogP contribution in [0, 0.1) is 11.8 Å². The third kappa shape index (κ3) is 10.3. The predicted molar refractivity (Wildman–Crippen MR) is 187 cm³/mol. The number of Topliss-reactive ketones (excluding diaryl/α,β-unsaturated/α-hetero) is 2. The number of para-hydroxylation sites is 2. The molecular formula is C37H50N4O7S. The number of nitrogens with zero attached hydrogens (tertiary/aromatic N) is 2. The minimum atomic E-state index is -3.75. The highest BCUT2D eigenvalue weighted by atomic mass is 32.2. The van der Waals surface area contributed by atoms with E-state index in [1.165, 1.54) is 11.3 Å². The Morgan fingerprint density at radius 3 is 2.45 bits per heavy atom. The van der Waals surface area contributed by atoms with Gasteiger partial charge in [-0.05, 0) is 75.1 Å². The summed E-state index contributed by atoms with van der Waals surface area (Å²) in [7, 11) is -3.75. The van der Waals surface area contributed by atoms with Crippen LogP contribution in [0.1, 0.15) is 86.9 Å². The Balaban J connectivity index is 1.39. The molecule has 2 heterocycles. The Morgan fingerprint density at radius 1 is 1.00 bits per heavy atom. The summed E-state index contributed by atoms with van der Waals surface area (Å²) in [6.45, 7) is 1.20. The third-order valence-corrected chi connectivity index (χ3v) is 10.5. The number of oxazole rings is 1. The number of nitrogens with two attached hydrogens (primary N) is 1. The zero-order valence-electron chi connectivity index (χ0n) is 28.4. The van der Waals surface area contributed by atoms with Crippen LogP contribution in [-0.4, -0.2) is 79.9 Å². The average molecular weight is 695 g/mol. The van der Waals surface area contributed by atoms with E-state index in [2.05, 4.69) is 9.71 Å². The number of amides is 1. The largest absolute Gasteiger partial charge is 0.434 e. The number of ether oxygens (including phenoxy) is 1. The van der Waals surface area contributed by atoms with Crippen molar-refractivity contribution in [3.05, 3.63) is 66.1 Å². The molecule has 266 valence electrons. The van der Waals surface area contributed by atoms with E-state index in [0.717, 1.165) is 37.5 Å². The first-order valence-corrected chi connectivity index (χ1v) is 19.6. The smallest absolute Gasteiger partial charge is 0.264 e. The van der Waals surface area contributed by atoms with Crippen molar-refractivity contribution in [2.24, 2.45) is 17.6 Å². The molecule has 3 aromatic rings. The molecule has 0 unspecified atom stereocenters. The summed E-state index contributed by atoms with van der Waals surface area (Å²) in [4.78, 5) is 48.4. The van der Waals surface area contributed by atoms with E-state index in [1.807, 2.05) is 36.4 Å². The molecule has 1 amide bonds. The van der Waals surface area contributed by atoms with Gasteiger partial charge < -0.3 is 19.8 Å². The molecule has 2 aliphatic rings. The first-order chi connectivity index (χ1) is 23.6. The third-order valence-electron chi connectivity index (χ3n) is 9.77. The Morgan fingerprint density at radius 2 is 1.73 bits per heavy atom. The molecule has 2 aromatic carbocycles. The number of rotatable bonds is 18. The summed E-state index contributed by atoms with van der Waals surface area (Å²) in [5, 5.41) is 0. The van der Waals surface area contributed by atoms with Gasteiger partial charge in [-0.2, -0.15) is 0 Å². The van der Waals surface area contributed by atoms with Gasteiger partial charge in [0.2, 0.25) is 21.7 Å². The SMILES string of the molecule is CS(=O)(=O)N[C@H](CCc1ccccc1)C(=O)N1CC[C@H](OCC2CCCCC2)[C@H]1C(=O)C[C@@H](CCCCN)C(=O)c1nc2ccccc2o1. The summed E-state index contributed by atoms with van der Waals surface area (Å²) < 4.78 is 39.7. The van der Waals surface area contributed by atoms with Crippen molar-refractivity contribution in [3.8, 4) is 0 Å². The number of unbranched alkanes of at least 4 members (excludes halogenated alkanes) is 1. The lowest BCUT2D eigenvalue weighted by Crippen LogP contribution is -2.54. The Bertz CT molecular complexity index is 1620. The van der Waals surface area contributed by atoms with Crippen LogP contribution in [0.25, 0.3) is 11.1 Å².